The van der Waals surface area contributed by atoms with Crippen LogP contribution < -0.4 is 0 Å². The molecule has 0 nitrogen and oxygen atoms in total. The zero-order valence-corrected chi connectivity index (χ0v) is 17.3. The summed E-state index contributed by atoms with van der Waals surface area (Å²) in [6, 6.07) is 17.3. The maximum atomic E-state index is 4.34. The van der Waals surface area contributed by atoms with Gasteiger partial charge in [0.25, 0.3) is 0 Å². The van der Waals surface area contributed by atoms with Gasteiger partial charge in [-0.1, -0.05) is 82.6 Å². The molecular weight excluding hydrogens is 340 g/mol. The highest BCUT2D eigenvalue weighted by atomic mass is 32.2. The van der Waals surface area contributed by atoms with E-state index in [1.807, 2.05) is 23.9 Å². The van der Waals surface area contributed by atoms with Crippen LogP contribution in [0.15, 0.2) is 58.3 Å². The lowest BCUT2D eigenvalue weighted by Gasteiger charge is -2.05. The third kappa shape index (κ3) is 8.37. The Balaban J connectivity index is 1.58. The first-order chi connectivity index (χ1) is 12.3. The van der Waals surface area contributed by atoms with Gasteiger partial charge in [0.15, 0.2) is 0 Å². The number of thioether (sulfide) groups is 1. The molecular formula is C23H32S2. The lowest BCUT2D eigenvalue weighted by Crippen LogP contribution is -1.84. The summed E-state index contributed by atoms with van der Waals surface area (Å²) in [5.74, 6) is 1.24. The highest BCUT2D eigenvalue weighted by Crippen LogP contribution is 2.25. The van der Waals surface area contributed by atoms with Gasteiger partial charge >= 0.3 is 0 Å². The van der Waals surface area contributed by atoms with Gasteiger partial charge in [0.1, 0.15) is 0 Å². The molecule has 2 heteroatoms. The van der Waals surface area contributed by atoms with Gasteiger partial charge in [-0.2, -0.15) is 0 Å². The zero-order chi connectivity index (χ0) is 17.7. The number of benzene rings is 2. The Hall–Kier alpha value is -0.860. The van der Waals surface area contributed by atoms with E-state index in [0.717, 1.165) is 4.90 Å². The van der Waals surface area contributed by atoms with Crippen LogP contribution in [0, 0.1) is 0 Å². The summed E-state index contributed by atoms with van der Waals surface area (Å²) in [6.45, 7) is 2.28. The minimum absolute atomic E-state index is 1.01. The molecule has 0 aliphatic heterocycles. The second-order valence-electron chi connectivity index (χ2n) is 6.75. The second-order valence-corrected chi connectivity index (χ2v) is 8.43. The zero-order valence-electron chi connectivity index (χ0n) is 15.5. The van der Waals surface area contributed by atoms with Gasteiger partial charge < -0.3 is 0 Å². The van der Waals surface area contributed by atoms with Gasteiger partial charge in [0, 0.05) is 9.79 Å². The highest BCUT2D eigenvalue weighted by Gasteiger charge is 1.99. The molecule has 0 radical (unpaired) electrons. The molecule has 2 rings (SSSR count). The summed E-state index contributed by atoms with van der Waals surface area (Å²) >= 11 is 6.33. The van der Waals surface area contributed by atoms with Crippen LogP contribution in [0.3, 0.4) is 0 Å². The van der Waals surface area contributed by atoms with Crippen molar-refractivity contribution < 1.29 is 0 Å². The lowest BCUT2D eigenvalue weighted by molar-refractivity contribution is 0.573. The molecule has 0 aromatic heterocycles. The van der Waals surface area contributed by atoms with Crippen LogP contribution in [-0.2, 0) is 0 Å². The van der Waals surface area contributed by atoms with Crippen LogP contribution in [0.4, 0.5) is 0 Å². The quantitative estimate of drug-likeness (QED) is 0.222. The van der Waals surface area contributed by atoms with Gasteiger partial charge in [-0.3, -0.25) is 0 Å². The maximum absolute atomic E-state index is 4.34. The summed E-state index contributed by atoms with van der Waals surface area (Å²) in [5, 5.41) is 0. The molecule has 0 aliphatic rings. The van der Waals surface area contributed by atoms with Crippen LogP contribution in [-0.4, -0.2) is 5.75 Å². The normalized spacial score (nSPS) is 11.0. The largest absolute Gasteiger partial charge is 0.143 e. The molecule has 136 valence electrons. The van der Waals surface area contributed by atoms with E-state index in [1.54, 1.807) is 0 Å². The van der Waals surface area contributed by atoms with E-state index in [-0.39, 0.29) is 0 Å². The van der Waals surface area contributed by atoms with Crippen molar-refractivity contribution in [2.24, 2.45) is 0 Å². The summed E-state index contributed by atoms with van der Waals surface area (Å²) in [5.41, 5.74) is 2.54. The summed E-state index contributed by atoms with van der Waals surface area (Å²) in [6.07, 6.45) is 12.6. The second kappa shape index (κ2) is 12.5. The first-order valence-corrected chi connectivity index (χ1v) is 11.2. The molecule has 2 aromatic carbocycles. The standard InChI is InChI=1S/C23H32S2/c1-2-3-4-5-6-7-8-9-10-19-25-23-17-13-21(14-18-23)20-11-15-22(24)16-12-20/h11-18,24H,2-10,19H2,1H3. The fourth-order valence-corrected chi connectivity index (χ4v) is 4.06. The third-order valence-electron chi connectivity index (χ3n) is 4.57. The number of hydrogen-bond acceptors (Lipinski definition) is 2. The maximum Gasteiger partial charge on any atom is 0.00723 e. The Morgan fingerprint density at radius 2 is 1.12 bits per heavy atom. The van der Waals surface area contributed by atoms with Crippen molar-refractivity contribution in [1.29, 1.82) is 0 Å². The van der Waals surface area contributed by atoms with Crippen LogP contribution in [0.2, 0.25) is 0 Å². The van der Waals surface area contributed by atoms with Gasteiger partial charge in [0.2, 0.25) is 0 Å². The lowest BCUT2D eigenvalue weighted by atomic mass is 10.1. The van der Waals surface area contributed by atoms with Crippen molar-refractivity contribution >= 4 is 24.4 Å². The van der Waals surface area contributed by atoms with Crippen LogP contribution >= 0.6 is 24.4 Å². The number of hydrogen-bond donors (Lipinski definition) is 1. The summed E-state index contributed by atoms with van der Waals surface area (Å²) in [7, 11) is 0. The molecule has 0 aliphatic carbocycles. The Morgan fingerprint density at radius 3 is 1.68 bits per heavy atom. The van der Waals surface area contributed by atoms with Gasteiger partial charge in [-0.15, -0.1) is 24.4 Å². The minimum Gasteiger partial charge on any atom is -0.143 e. The van der Waals surface area contributed by atoms with Crippen LogP contribution in [0.5, 0.6) is 0 Å². The van der Waals surface area contributed by atoms with Crippen molar-refractivity contribution in [3.63, 3.8) is 0 Å². The predicted molar refractivity (Wildman–Crippen MR) is 117 cm³/mol. The summed E-state index contributed by atoms with van der Waals surface area (Å²) < 4.78 is 0. The number of thiol groups is 1. The fourth-order valence-electron chi connectivity index (χ4n) is 3.00. The van der Waals surface area contributed by atoms with Crippen molar-refractivity contribution in [3.8, 4) is 11.1 Å². The Morgan fingerprint density at radius 1 is 0.640 bits per heavy atom. The molecule has 0 N–H and O–H groups in total. The van der Waals surface area contributed by atoms with Crippen molar-refractivity contribution in [1.82, 2.24) is 0 Å². The average Bonchev–Trinajstić information content (AvgIpc) is 2.64. The molecule has 0 spiro atoms. The summed E-state index contributed by atoms with van der Waals surface area (Å²) in [4.78, 5) is 2.39. The Bertz CT molecular complexity index is 572. The SMILES string of the molecule is CCCCCCCCCCCSc1ccc(-c2ccc(S)cc2)cc1. The highest BCUT2D eigenvalue weighted by molar-refractivity contribution is 7.99. The van der Waals surface area contributed by atoms with E-state index < -0.39 is 0 Å². The van der Waals surface area contributed by atoms with Crippen LogP contribution in [0.1, 0.15) is 64.7 Å². The first kappa shape index (κ1) is 20.5. The smallest absolute Gasteiger partial charge is 0.00723 e. The first-order valence-electron chi connectivity index (χ1n) is 9.82. The molecule has 2 aromatic rings. The number of rotatable bonds is 12. The van der Waals surface area contributed by atoms with Crippen molar-refractivity contribution in [2.45, 2.75) is 74.5 Å². The molecule has 0 saturated carbocycles. The average molecular weight is 373 g/mol. The van der Waals surface area contributed by atoms with E-state index in [2.05, 4.69) is 56.0 Å². The van der Waals surface area contributed by atoms with Crippen molar-refractivity contribution in [3.05, 3.63) is 48.5 Å². The molecule has 0 fully saturated rings. The Kier molecular flexibility index (Phi) is 10.2. The van der Waals surface area contributed by atoms with Gasteiger partial charge in [-0.05, 0) is 47.6 Å². The van der Waals surface area contributed by atoms with E-state index >= 15 is 0 Å². The van der Waals surface area contributed by atoms with Gasteiger partial charge in [0.05, 0.1) is 0 Å². The predicted octanol–water partition coefficient (Wildman–Crippen LogP) is 8.27. The van der Waals surface area contributed by atoms with E-state index in [9.17, 15) is 0 Å². The number of unbranched alkanes of at least 4 members (excludes halogenated alkanes) is 8. The monoisotopic (exact) mass is 372 g/mol. The van der Waals surface area contributed by atoms with Crippen LogP contribution in [0.25, 0.3) is 11.1 Å². The van der Waals surface area contributed by atoms with Gasteiger partial charge in [-0.25, -0.2) is 0 Å². The minimum atomic E-state index is 1.01. The molecule has 0 amide bonds. The Labute approximate surface area is 164 Å². The fraction of sp³-hybridized carbons (Fsp3) is 0.478. The van der Waals surface area contributed by atoms with E-state index in [1.165, 1.54) is 79.6 Å². The molecule has 0 atom stereocenters. The molecule has 0 unspecified atom stereocenters. The molecule has 0 heterocycles. The molecule has 0 bridgehead atoms. The van der Waals surface area contributed by atoms with E-state index in [0.29, 0.717) is 0 Å². The topological polar surface area (TPSA) is 0 Å². The third-order valence-corrected chi connectivity index (χ3v) is 5.97. The molecule has 0 saturated heterocycles. The van der Waals surface area contributed by atoms with E-state index in [4.69, 9.17) is 0 Å². The van der Waals surface area contributed by atoms with Crippen molar-refractivity contribution in [2.75, 3.05) is 5.75 Å². The molecule has 25 heavy (non-hydrogen) atoms.